The second-order valence-electron chi connectivity index (χ2n) is 5.41. The zero-order chi connectivity index (χ0) is 14.0. The molecule has 0 N–H and O–H groups in total. The van der Waals surface area contributed by atoms with Crippen molar-refractivity contribution in [2.45, 2.75) is 31.1 Å². The van der Waals surface area contributed by atoms with Gasteiger partial charge in [-0.1, -0.05) is 36.8 Å². The summed E-state index contributed by atoms with van der Waals surface area (Å²) in [6.45, 7) is 0. The van der Waals surface area contributed by atoms with Crippen LogP contribution in [0.15, 0.2) is 53.3 Å². The molecular formula is C17H16BrNO. The fourth-order valence-electron chi connectivity index (χ4n) is 2.92. The molecule has 3 heteroatoms. The first-order chi connectivity index (χ1) is 9.71. The largest absolute Gasteiger partial charge is 0.298 e. The van der Waals surface area contributed by atoms with Crippen molar-refractivity contribution in [2.75, 3.05) is 0 Å². The number of halogens is 1. The van der Waals surface area contributed by atoms with E-state index in [1.807, 2.05) is 24.3 Å². The highest BCUT2D eigenvalue weighted by Gasteiger charge is 2.44. The summed E-state index contributed by atoms with van der Waals surface area (Å²) < 4.78 is 0.921. The van der Waals surface area contributed by atoms with Crippen LogP contribution in [-0.4, -0.2) is 10.8 Å². The van der Waals surface area contributed by atoms with Crippen molar-refractivity contribution in [3.63, 3.8) is 0 Å². The Bertz CT molecular complexity index is 620. The number of carbonyl (C=O) groups is 1. The lowest BCUT2D eigenvalue weighted by molar-refractivity contribution is -0.127. The summed E-state index contributed by atoms with van der Waals surface area (Å²) in [5.74, 6) is 0.315. The number of pyridine rings is 1. The van der Waals surface area contributed by atoms with Crippen LogP contribution in [-0.2, 0) is 16.6 Å². The van der Waals surface area contributed by atoms with Gasteiger partial charge in [0.05, 0.1) is 5.41 Å². The Balaban J connectivity index is 1.85. The molecule has 0 unspecified atom stereocenters. The van der Waals surface area contributed by atoms with Crippen LogP contribution >= 0.6 is 15.9 Å². The second kappa shape index (κ2) is 5.49. The molecule has 1 heterocycles. The molecule has 1 aromatic heterocycles. The molecule has 1 aromatic carbocycles. The maximum atomic E-state index is 12.8. The Morgan fingerprint density at radius 1 is 1.20 bits per heavy atom. The Hall–Kier alpha value is -1.48. The summed E-state index contributed by atoms with van der Waals surface area (Å²) in [6.07, 6.45) is 7.05. The normalized spacial score (nSPS) is 16.4. The van der Waals surface area contributed by atoms with Crippen molar-refractivity contribution in [3.05, 3.63) is 64.4 Å². The molecule has 0 bridgehead atoms. The molecule has 0 atom stereocenters. The van der Waals surface area contributed by atoms with Gasteiger partial charge in [-0.2, -0.15) is 0 Å². The van der Waals surface area contributed by atoms with Gasteiger partial charge in [-0.15, -0.1) is 0 Å². The zero-order valence-electron chi connectivity index (χ0n) is 11.2. The van der Waals surface area contributed by atoms with Crippen LogP contribution in [0.3, 0.4) is 0 Å². The summed E-state index contributed by atoms with van der Waals surface area (Å²) in [4.78, 5) is 16.9. The van der Waals surface area contributed by atoms with Gasteiger partial charge in [-0.25, -0.2) is 0 Å². The van der Waals surface area contributed by atoms with Crippen molar-refractivity contribution in [1.82, 2.24) is 4.98 Å². The highest BCUT2D eigenvalue weighted by molar-refractivity contribution is 9.10. The van der Waals surface area contributed by atoms with Crippen molar-refractivity contribution in [2.24, 2.45) is 0 Å². The quantitative estimate of drug-likeness (QED) is 0.846. The van der Waals surface area contributed by atoms with Gasteiger partial charge in [-0.05, 0) is 46.0 Å². The fraction of sp³-hybridized carbons (Fsp3) is 0.294. The molecule has 3 rings (SSSR count). The van der Waals surface area contributed by atoms with Gasteiger partial charge >= 0.3 is 0 Å². The lowest BCUT2D eigenvalue weighted by Gasteiger charge is -2.41. The summed E-state index contributed by atoms with van der Waals surface area (Å²) in [6, 6.07) is 12.2. The van der Waals surface area contributed by atoms with Gasteiger partial charge < -0.3 is 0 Å². The summed E-state index contributed by atoms with van der Waals surface area (Å²) >= 11 is 3.40. The van der Waals surface area contributed by atoms with Gasteiger partial charge in [0.25, 0.3) is 0 Å². The number of hydrogen-bond acceptors (Lipinski definition) is 2. The van der Waals surface area contributed by atoms with Crippen molar-refractivity contribution < 1.29 is 4.79 Å². The molecule has 2 aromatic rings. The van der Waals surface area contributed by atoms with E-state index in [2.05, 4.69) is 33.0 Å². The van der Waals surface area contributed by atoms with Crippen molar-refractivity contribution >= 4 is 21.7 Å². The highest BCUT2D eigenvalue weighted by Crippen LogP contribution is 2.45. The maximum Gasteiger partial charge on any atom is 0.147 e. The number of hydrogen-bond donors (Lipinski definition) is 0. The average molecular weight is 330 g/mol. The predicted octanol–water partition coefficient (Wildman–Crippen LogP) is 4.08. The molecule has 2 nitrogen and oxygen atoms in total. The molecule has 102 valence electrons. The minimum Gasteiger partial charge on any atom is -0.298 e. The summed E-state index contributed by atoms with van der Waals surface area (Å²) in [7, 11) is 0. The number of rotatable bonds is 4. The maximum absolute atomic E-state index is 12.8. The van der Waals surface area contributed by atoms with Crippen molar-refractivity contribution in [1.29, 1.82) is 0 Å². The molecule has 20 heavy (non-hydrogen) atoms. The van der Waals surface area contributed by atoms with Crippen LogP contribution in [0.5, 0.6) is 0 Å². The molecule has 0 spiro atoms. The number of carbonyl (C=O) groups excluding carboxylic acids is 1. The minimum absolute atomic E-state index is 0.260. The minimum atomic E-state index is -0.260. The van der Waals surface area contributed by atoms with E-state index in [1.54, 1.807) is 12.4 Å². The van der Waals surface area contributed by atoms with Crippen LogP contribution in [0.1, 0.15) is 30.4 Å². The van der Waals surface area contributed by atoms with E-state index >= 15 is 0 Å². The second-order valence-corrected chi connectivity index (χ2v) is 6.33. The lowest BCUT2D eigenvalue weighted by Crippen LogP contribution is -2.43. The number of ketones is 1. The summed E-state index contributed by atoms with van der Waals surface area (Å²) in [5, 5.41) is 0. The van der Waals surface area contributed by atoms with E-state index in [0.29, 0.717) is 12.2 Å². The van der Waals surface area contributed by atoms with Gasteiger partial charge in [-0.3, -0.25) is 9.78 Å². The fourth-order valence-corrected chi connectivity index (χ4v) is 3.34. The van der Waals surface area contributed by atoms with Crippen LogP contribution < -0.4 is 0 Å². The average Bonchev–Trinajstić information content (AvgIpc) is 2.38. The van der Waals surface area contributed by atoms with Crippen LogP contribution in [0, 0.1) is 0 Å². The van der Waals surface area contributed by atoms with Crippen molar-refractivity contribution in [3.8, 4) is 0 Å². The smallest absolute Gasteiger partial charge is 0.147 e. The van der Waals surface area contributed by atoms with E-state index < -0.39 is 0 Å². The van der Waals surface area contributed by atoms with E-state index in [0.717, 1.165) is 29.3 Å². The van der Waals surface area contributed by atoms with E-state index in [4.69, 9.17) is 0 Å². The molecule has 0 aliphatic heterocycles. The van der Waals surface area contributed by atoms with E-state index in [1.165, 1.54) is 5.56 Å². The monoisotopic (exact) mass is 329 g/mol. The Labute approximate surface area is 127 Å². The lowest BCUT2D eigenvalue weighted by atomic mass is 9.61. The van der Waals surface area contributed by atoms with Crippen LogP contribution in [0.4, 0.5) is 0 Å². The number of aromatic nitrogens is 1. The van der Waals surface area contributed by atoms with Crippen LogP contribution in [0.2, 0.25) is 0 Å². The van der Waals surface area contributed by atoms with Gasteiger partial charge in [0.2, 0.25) is 0 Å². The Morgan fingerprint density at radius 2 is 1.95 bits per heavy atom. The zero-order valence-corrected chi connectivity index (χ0v) is 12.8. The first-order valence-electron chi connectivity index (χ1n) is 6.89. The predicted molar refractivity (Wildman–Crippen MR) is 82.6 cm³/mol. The first-order valence-corrected chi connectivity index (χ1v) is 7.68. The van der Waals surface area contributed by atoms with E-state index in [-0.39, 0.29) is 5.41 Å². The van der Waals surface area contributed by atoms with E-state index in [9.17, 15) is 4.79 Å². The molecular weight excluding hydrogens is 314 g/mol. The molecule has 1 aliphatic carbocycles. The third kappa shape index (κ3) is 2.42. The van der Waals surface area contributed by atoms with Gasteiger partial charge in [0, 0.05) is 23.3 Å². The van der Waals surface area contributed by atoms with Gasteiger partial charge in [0.1, 0.15) is 5.78 Å². The third-order valence-electron chi connectivity index (χ3n) is 4.19. The molecule has 0 saturated heterocycles. The topological polar surface area (TPSA) is 30.0 Å². The Kier molecular flexibility index (Phi) is 3.70. The SMILES string of the molecule is O=C(Cc1cncc(Br)c1)C1(c2ccccc2)CCC1. The molecule has 0 amide bonds. The molecule has 0 radical (unpaired) electrons. The van der Waals surface area contributed by atoms with Gasteiger partial charge in [0.15, 0.2) is 0 Å². The van der Waals surface area contributed by atoms with Crippen LogP contribution in [0.25, 0.3) is 0 Å². The first kappa shape index (κ1) is 13.5. The highest BCUT2D eigenvalue weighted by atomic mass is 79.9. The molecule has 1 fully saturated rings. The third-order valence-corrected chi connectivity index (χ3v) is 4.63. The molecule has 1 saturated carbocycles. The standard InChI is InChI=1S/C17H16BrNO/c18-15-9-13(11-19-12-15)10-16(20)17(7-4-8-17)14-5-2-1-3-6-14/h1-3,5-6,9,11-12H,4,7-8,10H2. The number of Topliss-reactive ketones (excluding diaryl/α,β-unsaturated/α-hetero) is 1. The Morgan fingerprint density at radius 3 is 2.55 bits per heavy atom. The number of nitrogens with zero attached hydrogens (tertiary/aromatic N) is 1. The molecule has 1 aliphatic rings. The summed E-state index contributed by atoms with van der Waals surface area (Å²) in [5.41, 5.74) is 1.88. The number of benzene rings is 1.